The smallest absolute Gasteiger partial charge is 0.257 e. The first-order valence-corrected chi connectivity index (χ1v) is 8.76. The molecule has 0 atom stereocenters. The van der Waals surface area contributed by atoms with Gasteiger partial charge in [-0.25, -0.2) is 13.1 Å². The van der Waals surface area contributed by atoms with Gasteiger partial charge in [-0.2, -0.15) is 0 Å². The summed E-state index contributed by atoms with van der Waals surface area (Å²) in [5.41, 5.74) is 0.872. The molecule has 0 spiro atoms. The molecular formula is C16H15ClN2O4S. The molecule has 2 N–H and O–H groups in total. The van der Waals surface area contributed by atoms with E-state index in [2.05, 4.69) is 10.0 Å². The zero-order valence-electron chi connectivity index (χ0n) is 13.0. The van der Waals surface area contributed by atoms with Crippen LogP contribution in [0.4, 0.5) is 5.69 Å². The summed E-state index contributed by atoms with van der Waals surface area (Å²) >= 11 is 6.00. The number of carbonyl (C=O) groups excluding carboxylic acids is 2. The summed E-state index contributed by atoms with van der Waals surface area (Å²) in [5.74, 6) is -0.708. The van der Waals surface area contributed by atoms with E-state index in [0.29, 0.717) is 11.3 Å². The third-order valence-electron chi connectivity index (χ3n) is 3.29. The summed E-state index contributed by atoms with van der Waals surface area (Å²) in [7, 11) is -2.42. The third kappa shape index (κ3) is 4.00. The Balaban J connectivity index is 2.35. The molecule has 0 fully saturated rings. The van der Waals surface area contributed by atoms with Gasteiger partial charge in [-0.3, -0.25) is 9.59 Å². The number of anilines is 1. The lowest BCUT2D eigenvalue weighted by Gasteiger charge is -2.10. The first-order chi connectivity index (χ1) is 11.2. The van der Waals surface area contributed by atoms with Crippen molar-refractivity contribution < 1.29 is 18.0 Å². The molecular weight excluding hydrogens is 352 g/mol. The number of amides is 1. The molecule has 0 saturated carbocycles. The average Bonchev–Trinajstić information content (AvgIpc) is 2.55. The van der Waals surface area contributed by atoms with Crippen molar-refractivity contribution in [1.29, 1.82) is 0 Å². The van der Waals surface area contributed by atoms with Gasteiger partial charge >= 0.3 is 0 Å². The minimum Gasteiger partial charge on any atom is -0.322 e. The molecule has 6 nitrogen and oxygen atoms in total. The first-order valence-electron chi connectivity index (χ1n) is 6.90. The van der Waals surface area contributed by atoms with Crippen LogP contribution in [-0.4, -0.2) is 27.2 Å². The van der Waals surface area contributed by atoms with E-state index in [0.717, 1.165) is 0 Å². The van der Waals surface area contributed by atoms with Crippen LogP contribution in [0.3, 0.4) is 0 Å². The minimum atomic E-state index is -3.70. The monoisotopic (exact) mass is 366 g/mol. The number of halogens is 1. The molecule has 0 radical (unpaired) electrons. The molecule has 0 aromatic heterocycles. The van der Waals surface area contributed by atoms with Gasteiger partial charge in [0.15, 0.2) is 5.78 Å². The van der Waals surface area contributed by atoms with Crippen LogP contribution in [-0.2, 0) is 10.0 Å². The molecule has 0 bridgehead atoms. The summed E-state index contributed by atoms with van der Waals surface area (Å²) in [6.45, 7) is 1.42. The Morgan fingerprint density at radius 2 is 1.79 bits per heavy atom. The Morgan fingerprint density at radius 3 is 2.42 bits per heavy atom. The van der Waals surface area contributed by atoms with Gasteiger partial charge in [-0.05, 0) is 44.3 Å². The van der Waals surface area contributed by atoms with E-state index in [9.17, 15) is 18.0 Å². The number of nitrogens with one attached hydrogen (secondary N) is 2. The standard InChI is InChI=1S/C16H15ClN2O4S/c1-10(20)11-4-3-5-12(8-11)19-16(21)14-9-13(6-7-15(14)17)24(22,23)18-2/h3-9,18H,1-2H3,(H,19,21). The molecule has 8 heteroatoms. The maximum atomic E-state index is 12.4. The normalized spacial score (nSPS) is 11.1. The van der Waals surface area contributed by atoms with Gasteiger partial charge in [0.05, 0.1) is 15.5 Å². The number of sulfonamides is 1. The maximum Gasteiger partial charge on any atom is 0.257 e. The van der Waals surface area contributed by atoms with E-state index < -0.39 is 15.9 Å². The van der Waals surface area contributed by atoms with Crippen LogP contribution in [0.25, 0.3) is 0 Å². The van der Waals surface area contributed by atoms with Gasteiger partial charge in [0.25, 0.3) is 5.91 Å². The molecule has 0 saturated heterocycles. The topological polar surface area (TPSA) is 92.3 Å². The van der Waals surface area contributed by atoms with Gasteiger partial charge < -0.3 is 5.32 Å². The van der Waals surface area contributed by atoms with Crippen LogP contribution >= 0.6 is 11.6 Å². The maximum absolute atomic E-state index is 12.4. The first kappa shape index (κ1) is 18.1. The van der Waals surface area contributed by atoms with Crippen LogP contribution < -0.4 is 10.0 Å². The summed E-state index contributed by atoms with van der Waals surface area (Å²) in [6, 6.07) is 10.3. The van der Waals surface area contributed by atoms with Crippen molar-refractivity contribution >= 4 is 39.0 Å². The van der Waals surface area contributed by atoms with Crippen molar-refractivity contribution in [3.05, 3.63) is 58.6 Å². The fourth-order valence-electron chi connectivity index (χ4n) is 1.98. The molecule has 24 heavy (non-hydrogen) atoms. The van der Waals surface area contributed by atoms with E-state index in [1.807, 2.05) is 0 Å². The number of rotatable bonds is 5. The second-order valence-electron chi connectivity index (χ2n) is 4.94. The van der Waals surface area contributed by atoms with Crippen molar-refractivity contribution in [3.8, 4) is 0 Å². The van der Waals surface area contributed by atoms with Crippen LogP contribution in [0.1, 0.15) is 27.6 Å². The van der Waals surface area contributed by atoms with Gasteiger partial charge in [-0.1, -0.05) is 23.7 Å². The van der Waals surface area contributed by atoms with Crippen molar-refractivity contribution in [3.63, 3.8) is 0 Å². The van der Waals surface area contributed by atoms with Gasteiger partial charge in [0.2, 0.25) is 10.0 Å². The van der Waals surface area contributed by atoms with Gasteiger partial charge in [0, 0.05) is 11.3 Å². The fraction of sp³-hybridized carbons (Fsp3) is 0.125. The zero-order valence-corrected chi connectivity index (χ0v) is 14.5. The van der Waals surface area contributed by atoms with Crippen molar-refractivity contribution in [2.75, 3.05) is 12.4 Å². The number of carbonyl (C=O) groups is 2. The van der Waals surface area contributed by atoms with E-state index in [-0.39, 0.29) is 21.3 Å². The number of hydrogen-bond donors (Lipinski definition) is 2. The highest BCUT2D eigenvalue weighted by atomic mass is 35.5. The Bertz CT molecular complexity index is 910. The Morgan fingerprint density at radius 1 is 1.08 bits per heavy atom. The molecule has 2 aromatic carbocycles. The van der Waals surface area contributed by atoms with Crippen LogP contribution in [0, 0.1) is 0 Å². The Labute approximate surface area is 144 Å². The third-order valence-corrected chi connectivity index (χ3v) is 5.03. The lowest BCUT2D eigenvalue weighted by atomic mass is 10.1. The second-order valence-corrected chi connectivity index (χ2v) is 7.23. The highest BCUT2D eigenvalue weighted by Crippen LogP contribution is 2.22. The quantitative estimate of drug-likeness (QED) is 0.796. The predicted molar refractivity (Wildman–Crippen MR) is 92.1 cm³/mol. The molecule has 2 rings (SSSR count). The summed E-state index contributed by atoms with van der Waals surface area (Å²) in [4.78, 5) is 23.7. The van der Waals surface area contributed by atoms with Crippen molar-refractivity contribution in [2.24, 2.45) is 0 Å². The molecule has 0 heterocycles. The number of hydrogen-bond acceptors (Lipinski definition) is 4. The zero-order chi connectivity index (χ0) is 17.9. The number of benzene rings is 2. The Kier molecular flexibility index (Phi) is 5.38. The van der Waals surface area contributed by atoms with E-state index in [1.165, 1.54) is 38.2 Å². The largest absolute Gasteiger partial charge is 0.322 e. The van der Waals surface area contributed by atoms with Crippen LogP contribution in [0.5, 0.6) is 0 Å². The molecule has 126 valence electrons. The lowest BCUT2D eigenvalue weighted by Crippen LogP contribution is -2.20. The summed E-state index contributed by atoms with van der Waals surface area (Å²) in [5, 5.41) is 2.72. The molecule has 1 amide bonds. The van der Waals surface area contributed by atoms with E-state index >= 15 is 0 Å². The van der Waals surface area contributed by atoms with Gasteiger partial charge in [0.1, 0.15) is 0 Å². The number of Topliss-reactive ketones (excluding diaryl/α,β-unsaturated/α-hetero) is 1. The number of ketones is 1. The van der Waals surface area contributed by atoms with E-state index in [1.54, 1.807) is 18.2 Å². The van der Waals surface area contributed by atoms with Crippen LogP contribution in [0.2, 0.25) is 5.02 Å². The molecule has 0 unspecified atom stereocenters. The second kappa shape index (κ2) is 7.12. The molecule has 2 aromatic rings. The SMILES string of the molecule is CNS(=O)(=O)c1ccc(Cl)c(C(=O)Nc2cccc(C(C)=O)c2)c1. The van der Waals surface area contributed by atoms with Crippen molar-refractivity contribution in [2.45, 2.75) is 11.8 Å². The molecule has 0 aliphatic rings. The van der Waals surface area contributed by atoms with E-state index in [4.69, 9.17) is 11.6 Å². The lowest BCUT2D eigenvalue weighted by molar-refractivity contribution is 0.101. The fourth-order valence-corrected chi connectivity index (χ4v) is 2.94. The van der Waals surface area contributed by atoms with Gasteiger partial charge in [-0.15, -0.1) is 0 Å². The minimum absolute atomic E-state index is 0.0150. The molecule has 0 aliphatic carbocycles. The Hall–Kier alpha value is -2.22. The van der Waals surface area contributed by atoms with Crippen molar-refractivity contribution in [1.82, 2.24) is 4.72 Å². The highest BCUT2D eigenvalue weighted by molar-refractivity contribution is 7.89. The highest BCUT2D eigenvalue weighted by Gasteiger charge is 2.17. The summed E-state index contributed by atoms with van der Waals surface area (Å²) < 4.78 is 25.9. The molecule has 0 aliphatic heterocycles. The summed E-state index contributed by atoms with van der Waals surface area (Å²) in [6.07, 6.45) is 0. The van der Waals surface area contributed by atoms with Crippen LogP contribution in [0.15, 0.2) is 47.4 Å². The predicted octanol–water partition coefficient (Wildman–Crippen LogP) is 2.70. The average molecular weight is 367 g/mol.